The van der Waals surface area contributed by atoms with Crippen molar-refractivity contribution >= 4 is 57.2 Å². The molecule has 1 amide bonds. The Morgan fingerprint density at radius 1 is 1.12 bits per heavy atom. The zero-order chi connectivity index (χ0) is 23.4. The van der Waals surface area contributed by atoms with Gasteiger partial charge < -0.3 is 9.15 Å². The molecule has 0 unspecified atom stereocenters. The number of para-hydroxylation sites is 1. The van der Waals surface area contributed by atoms with Crippen molar-refractivity contribution in [2.24, 2.45) is 0 Å². The van der Waals surface area contributed by atoms with Gasteiger partial charge in [0.1, 0.15) is 15.7 Å². The molecule has 7 heteroatoms. The molecule has 0 bridgehead atoms. The number of carbonyl (C=O) groups is 2. The highest BCUT2D eigenvalue weighted by Crippen LogP contribution is 2.33. The molecule has 4 rings (SSSR count). The van der Waals surface area contributed by atoms with Crippen LogP contribution in [0.4, 0.5) is 0 Å². The van der Waals surface area contributed by atoms with Gasteiger partial charge in [0.15, 0.2) is 0 Å². The van der Waals surface area contributed by atoms with Gasteiger partial charge in [0.2, 0.25) is 5.76 Å². The van der Waals surface area contributed by atoms with E-state index in [0.717, 1.165) is 42.2 Å². The zero-order valence-corrected chi connectivity index (χ0v) is 20.3. The third-order valence-electron chi connectivity index (χ3n) is 5.53. The minimum Gasteiger partial charge on any atom is -0.449 e. The summed E-state index contributed by atoms with van der Waals surface area (Å²) < 4.78 is 11.8. The maximum absolute atomic E-state index is 12.7. The van der Waals surface area contributed by atoms with E-state index in [2.05, 4.69) is 6.92 Å². The smallest absolute Gasteiger partial charge is 0.379 e. The van der Waals surface area contributed by atoms with Crippen LogP contribution in [0.15, 0.2) is 57.9 Å². The number of aryl methyl sites for hydroxylation is 1. The van der Waals surface area contributed by atoms with E-state index in [4.69, 9.17) is 21.4 Å². The molecule has 0 atom stereocenters. The van der Waals surface area contributed by atoms with Crippen molar-refractivity contribution < 1.29 is 18.7 Å². The number of hydrogen-bond acceptors (Lipinski definition) is 6. The number of amides is 1. The number of unbranched alkanes of at least 4 members (excludes halogenated alkanes) is 3. The molecular weight excluding hydrogens is 454 g/mol. The summed E-state index contributed by atoms with van der Waals surface area (Å²) in [5.41, 5.74) is 2.24. The first kappa shape index (κ1) is 23.3. The van der Waals surface area contributed by atoms with E-state index in [1.807, 2.05) is 49.4 Å². The summed E-state index contributed by atoms with van der Waals surface area (Å²) in [5, 5.41) is 0.891. The molecule has 1 fully saturated rings. The molecule has 0 aliphatic carbocycles. The van der Waals surface area contributed by atoms with Gasteiger partial charge in [0.25, 0.3) is 5.91 Å². The Morgan fingerprint density at radius 3 is 2.61 bits per heavy atom. The van der Waals surface area contributed by atoms with Crippen LogP contribution in [0.25, 0.3) is 17.0 Å². The van der Waals surface area contributed by atoms with Gasteiger partial charge in [-0.3, -0.25) is 9.69 Å². The lowest BCUT2D eigenvalue weighted by Crippen LogP contribution is -2.28. The van der Waals surface area contributed by atoms with E-state index in [0.29, 0.717) is 27.1 Å². The highest BCUT2D eigenvalue weighted by molar-refractivity contribution is 8.26. The monoisotopic (exact) mass is 479 g/mol. The number of benzene rings is 2. The van der Waals surface area contributed by atoms with Crippen molar-refractivity contribution in [3.8, 4) is 5.75 Å². The molecule has 0 N–H and O–H groups in total. The maximum atomic E-state index is 12.7. The number of furan rings is 1. The second-order valence-corrected chi connectivity index (χ2v) is 9.58. The summed E-state index contributed by atoms with van der Waals surface area (Å²) in [7, 11) is 0. The first-order valence-corrected chi connectivity index (χ1v) is 12.3. The molecule has 3 aromatic rings. The Labute approximate surface area is 202 Å². The summed E-state index contributed by atoms with van der Waals surface area (Å²) in [5.74, 6) is 0.0149. The standard InChI is InChI=1S/C26H25NO4S2/c1-3-4-5-8-15-27-24(28)22(33-26(27)32)16-18-11-13-19(14-12-18)30-25(29)23-17(2)20-9-6-7-10-21(20)31-23/h6-7,9-14,16H,3-5,8,15H2,1-2H3/b22-16+. The fraction of sp³-hybridized carbons (Fsp3) is 0.269. The largest absolute Gasteiger partial charge is 0.449 e. The molecule has 0 radical (unpaired) electrons. The third kappa shape index (κ3) is 5.20. The second kappa shape index (κ2) is 10.4. The van der Waals surface area contributed by atoms with Gasteiger partial charge in [0, 0.05) is 17.5 Å². The fourth-order valence-corrected chi connectivity index (χ4v) is 5.00. The Bertz CT molecular complexity index is 1230. The molecule has 0 saturated carbocycles. The summed E-state index contributed by atoms with van der Waals surface area (Å²) in [6, 6.07) is 14.5. The van der Waals surface area contributed by atoms with Gasteiger partial charge >= 0.3 is 5.97 Å². The van der Waals surface area contributed by atoms with Crippen molar-refractivity contribution in [1.29, 1.82) is 0 Å². The van der Waals surface area contributed by atoms with Gasteiger partial charge in [-0.2, -0.15) is 0 Å². The van der Waals surface area contributed by atoms with Crippen molar-refractivity contribution in [3.05, 3.63) is 70.3 Å². The van der Waals surface area contributed by atoms with Crippen LogP contribution in [0.5, 0.6) is 5.75 Å². The minimum absolute atomic E-state index is 0.0441. The highest BCUT2D eigenvalue weighted by Gasteiger charge is 2.31. The predicted molar refractivity (Wildman–Crippen MR) is 136 cm³/mol. The van der Waals surface area contributed by atoms with Crippen molar-refractivity contribution in [1.82, 2.24) is 4.90 Å². The summed E-state index contributed by atoms with van der Waals surface area (Å²) >= 11 is 6.73. The fourth-order valence-electron chi connectivity index (χ4n) is 3.70. The van der Waals surface area contributed by atoms with Crippen LogP contribution in [-0.2, 0) is 4.79 Å². The van der Waals surface area contributed by atoms with E-state index >= 15 is 0 Å². The zero-order valence-electron chi connectivity index (χ0n) is 18.6. The van der Waals surface area contributed by atoms with Gasteiger partial charge in [-0.1, -0.05) is 80.5 Å². The average molecular weight is 480 g/mol. The van der Waals surface area contributed by atoms with E-state index in [9.17, 15) is 9.59 Å². The Balaban J connectivity index is 1.41. The molecule has 2 aromatic carbocycles. The molecule has 170 valence electrons. The van der Waals surface area contributed by atoms with Crippen LogP contribution in [0, 0.1) is 6.92 Å². The number of carbonyl (C=O) groups excluding carboxylic acids is 2. The molecule has 0 spiro atoms. The summed E-state index contributed by atoms with van der Waals surface area (Å²) in [6.07, 6.45) is 6.19. The van der Waals surface area contributed by atoms with Crippen molar-refractivity contribution in [2.75, 3.05) is 6.54 Å². The van der Waals surface area contributed by atoms with E-state index < -0.39 is 5.97 Å². The molecule has 33 heavy (non-hydrogen) atoms. The maximum Gasteiger partial charge on any atom is 0.379 e. The van der Waals surface area contributed by atoms with Gasteiger partial charge in [0.05, 0.1) is 4.91 Å². The van der Waals surface area contributed by atoms with E-state index in [-0.39, 0.29) is 11.7 Å². The lowest BCUT2D eigenvalue weighted by atomic mass is 10.1. The molecule has 5 nitrogen and oxygen atoms in total. The number of hydrogen-bond donors (Lipinski definition) is 0. The molecular formula is C26H25NO4S2. The topological polar surface area (TPSA) is 59.8 Å². The second-order valence-electron chi connectivity index (χ2n) is 7.90. The van der Waals surface area contributed by atoms with Crippen LogP contribution in [0.3, 0.4) is 0 Å². The normalized spacial score (nSPS) is 15.1. The van der Waals surface area contributed by atoms with Crippen LogP contribution in [-0.4, -0.2) is 27.6 Å². The van der Waals surface area contributed by atoms with Crippen LogP contribution >= 0.6 is 24.0 Å². The molecule has 1 aromatic heterocycles. The van der Waals surface area contributed by atoms with Crippen LogP contribution < -0.4 is 4.74 Å². The number of esters is 1. The van der Waals surface area contributed by atoms with Crippen LogP contribution in [0.2, 0.25) is 0 Å². The third-order valence-corrected chi connectivity index (χ3v) is 6.90. The van der Waals surface area contributed by atoms with Gasteiger partial charge in [-0.15, -0.1) is 0 Å². The van der Waals surface area contributed by atoms with Gasteiger partial charge in [-0.25, -0.2) is 4.79 Å². The number of thiocarbonyl (C=S) groups is 1. The van der Waals surface area contributed by atoms with Gasteiger partial charge in [-0.05, 0) is 43.2 Å². The van der Waals surface area contributed by atoms with E-state index in [1.165, 1.54) is 11.8 Å². The first-order valence-electron chi connectivity index (χ1n) is 11.0. The Kier molecular flexibility index (Phi) is 7.30. The summed E-state index contributed by atoms with van der Waals surface area (Å²) in [4.78, 5) is 27.6. The summed E-state index contributed by atoms with van der Waals surface area (Å²) in [6.45, 7) is 4.66. The Morgan fingerprint density at radius 2 is 1.88 bits per heavy atom. The predicted octanol–water partition coefficient (Wildman–Crippen LogP) is 6.74. The number of rotatable bonds is 8. The molecule has 1 saturated heterocycles. The van der Waals surface area contributed by atoms with Crippen molar-refractivity contribution in [3.63, 3.8) is 0 Å². The number of nitrogens with zero attached hydrogens (tertiary/aromatic N) is 1. The Hall–Kier alpha value is -2.90. The van der Waals surface area contributed by atoms with E-state index in [1.54, 1.807) is 17.0 Å². The van der Waals surface area contributed by atoms with Crippen molar-refractivity contribution in [2.45, 2.75) is 39.5 Å². The quantitative estimate of drug-likeness (QED) is 0.117. The lowest BCUT2D eigenvalue weighted by molar-refractivity contribution is -0.122. The average Bonchev–Trinajstić information content (AvgIpc) is 3.29. The molecule has 1 aliphatic rings. The number of ether oxygens (including phenoxy) is 1. The highest BCUT2D eigenvalue weighted by atomic mass is 32.2. The van der Waals surface area contributed by atoms with Crippen LogP contribution in [0.1, 0.15) is 54.3 Å². The SMILES string of the molecule is CCCCCCN1C(=O)/C(=C\c2ccc(OC(=O)c3oc4ccccc4c3C)cc2)SC1=S. The molecule has 2 heterocycles. The lowest BCUT2D eigenvalue weighted by Gasteiger charge is -2.13. The minimum atomic E-state index is -0.541. The molecule has 1 aliphatic heterocycles. The first-order chi connectivity index (χ1) is 16.0. The number of thioether (sulfide) groups is 1. The number of fused-ring (bicyclic) bond motifs is 1.